The Labute approximate surface area is 126 Å². The number of ether oxygens (including phenoxy) is 2. The predicted molar refractivity (Wildman–Crippen MR) is 78.0 cm³/mol. The van der Waals surface area contributed by atoms with Crippen LogP contribution in [0.5, 0.6) is 11.5 Å². The van der Waals surface area contributed by atoms with Gasteiger partial charge in [-0.05, 0) is 35.4 Å². The van der Waals surface area contributed by atoms with Crippen LogP contribution in [-0.2, 0) is 0 Å². The van der Waals surface area contributed by atoms with Crippen LogP contribution in [-0.4, -0.2) is 18.3 Å². The number of fused-ring (bicyclic) bond motifs is 1. The van der Waals surface area contributed by atoms with E-state index in [0.717, 1.165) is 5.56 Å². The van der Waals surface area contributed by atoms with E-state index in [1.807, 2.05) is 0 Å². The quantitative estimate of drug-likeness (QED) is 0.915. The Hall–Kier alpha value is -1.42. The molecule has 3 rings (SSSR count). The van der Waals surface area contributed by atoms with E-state index < -0.39 is 6.10 Å². The topological polar surface area (TPSA) is 38.7 Å². The third-order valence-electron chi connectivity index (χ3n) is 3.12. The van der Waals surface area contributed by atoms with E-state index in [1.165, 1.54) is 0 Å². The fraction of sp³-hybridized carbons (Fsp3) is 0.200. The van der Waals surface area contributed by atoms with E-state index in [4.69, 9.17) is 32.7 Å². The summed E-state index contributed by atoms with van der Waals surface area (Å²) in [6.07, 6.45) is -0.791. The van der Waals surface area contributed by atoms with E-state index >= 15 is 0 Å². The number of rotatable bonds is 2. The molecule has 2 aromatic rings. The van der Waals surface area contributed by atoms with Gasteiger partial charge in [-0.1, -0.05) is 35.3 Å². The van der Waals surface area contributed by atoms with Crippen molar-refractivity contribution in [2.24, 2.45) is 0 Å². The molecule has 0 aliphatic carbocycles. The summed E-state index contributed by atoms with van der Waals surface area (Å²) in [7, 11) is 0. The molecule has 0 amide bonds. The Kier molecular flexibility index (Phi) is 3.74. The lowest BCUT2D eigenvalue weighted by molar-refractivity contribution is 0.170. The number of aliphatic hydroxyl groups is 1. The molecule has 0 aromatic heterocycles. The summed E-state index contributed by atoms with van der Waals surface area (Å²) >= 11 is 12.0. The number of benzene rings is 2. The van der Waals surface area contributed by atoms with Gasteiger partial charge in [-0.15, -0.1) is 0 Å². The third kappa shape index (κ3) is 2.57. The molecule has 1 heterocycles. The van der Waals surface area contributed by atoms with Gasteiger partial charge in [0.15, 0.2) is 11.5 Å². The van der Waals surface area contributed by atoms with Crippen molar-refractivity contribution in [3.8, 4) is 11.5 Å². The maximum Gasteiger partial charge on any atom is 0.179 e. The summed E-state index contributed by atoms with van der Waals surface area (Å²) in [6, 6.07) is 10.5. The molecule has 0 saturated heterocycles. The molecule has 0 spiro atoms. The lowest BCUT2D eigenvalue weighted by Gasteiger charge is -2.21. The van der Waals surface area contributed by atoms with E-state index in [9.17, 15) is 5.11 Å². The fourth-order valence-electron chi connectivity index (χ4n) is 2.13. The van der Waals surface area contributed by atoms with Gasteiger partial charge in [0.1, 0.15) is 19.3 Å². The zero-order valence-electron chi connectivity index (χ0n) is 10.5. The molecule has 5 heteroatoms. The Bertz CT molecular complexity index is 626. The lowest BCUT2D eigenvalue weighted by Crippen LogP contribution is -2.16. The maximum absolute atomic E-state index is 10.4. The highest BCUT2D eigenvalue weighted by molar-refractivity contribution is 6.32. The molecule has 0 fully saturated rings. The zero-order valence-corrected chi connectivity index (χ0v) is 12.0. The van der Waals surface area contributed by atoms with Gasteiger partial charge in [0, 0.05) is 5.02 Å². The van der Waals surface area contributed by atoms with E-state index in [2.05, 4.69) is 0 Å². The van der Waals surface area contributed by atoms with Crippen LogP contribution in [0.15, 0.2) is 36.4 Å². The first-order valence-corrected chi connectivity index (χ1v) is 6.93. The highest BCUT2D eigenvalue weighted by Crippen LogP contribution is 2.40. The second kappa shape index (κ2) is 5.52. The Morgan fingerprint density at radius 2 is 1.65 bits per heavy atom. The molecule has 3 nitrogen and oxygen atoms in total. The van der Waals surface area contributed by atoms with Crippen molar-refractivity contribution in [3.63, 3.8) is 0 Å². The first kappa shape index (κ1) is 13.6. The molecule has 1 aliphatic rings. The first-order chi connectivity index (χ1) is 9.65. The number of hydrogen-bond donors (Lipinski definition) is 1. The molecule has 20 heavy (non-hydrogen) atoms. The summed E-state index contributed by atoms with van der Waals surface area (Å²) < 4.78 is 11.0. The number of hydrogen-bond acceptors (Lipinski definition) is 3. The maximum atomic E-state index is 10.4. The summed E-state index contributed by atoms with van der Waals surface area (Å²) in [5, 5.41) is 11.5. The smallest absolute Gasteiger partial charge is 0.179 e. The van der Waals surface area contributed by atoms with Gasteiger partial charge in [-0.3, -0.25) is 0 Å². The number of halogens is 2. The minimum Gasteiger partial charge on any atom is -0.486 e. The minimum atomic E-state index is -0.791. The normalized spacial score (nSPS) is 14.9. The van der Waals surface area contributed by atoms with Crippen LogP contribution in [0.4, 0.5) is 0 Å². The number of aliphatic hydroxyl groups excluding tert-OH is 1. The van der Waals surface area contributed by atoms with Crippen molar-refractivity contribution in [2.45, 2.75) is 6.10 Å². The lowest BCUT2D eigenvalue weighted by atomic mass is 10.0. The molecule has 0 radical (unpaired) electrons. The average Bonchev–Trinajstić information content (AvgIpc) is 2.47. The van der Waals surface area contributed by atoms with Gasteiger partial charge in [0.05, 0.1) is 5.02 Å². The van der Waals surface area contributed by atoms with Crippen LogP contribution in [0.25, 0.3) is 0 Å². The van der Waals surface area contributed by atoms with Gasteiger partial charge in [-0.2, -0.15) is 0 Å². The van der Waals surface area contributed by atoms with E-state index in [-0.39, 0.29) is 0 Å². The molecule has 2 aromatic carbocycles. The fourth-order valence-corrected chi connectivity index (χ4v) is 2.53. The molecule has 1 atom stereocenters. The van der Waals surface area contributed by atoms with E-state index in [0.29, 0.717) is 40.3 Å². The highest BCUT2D eigenvalue weighted by atomic mass is 35.5. The van der Waals surface area contributed by atoms with E-state index in [1.54, 1.807) is 36.4 Å². The Morgan fingerprint density at radius 1 is 0.950 bits per heavy atom. The van der Waals surface area contributed by atoms with Gasteiger partial charge in [-0.25, -0.2) is 0 Å². The van der Waals surface area contributed by atoms with Crippen LogP contribution < -0.4 is 9.47 Å². The summed E-state index contributed by atoms with van der Waals surface area (Å²) in [5.41, 5.74) is 1.39. The van der Waals surface area contributed by atoms with Gasteiger partial charge >= 0.3 is 0 Å². The minimum absolute atomic E-state index is 0.435. The molecule has 104 valence electrons. The second-order valence-electron chi connectivity index (χ2n) is 4.48. The molecule has 1 aliphatic heterocycles. The largest absolute Gasteiger partial charge is 0.486 e. The van der Waals surface area contributed by atoms with Crippen molar-refractivity contribution in [1.82, 2.24) is 0 Å². The summed E-state index contributed by atoms with van der Waals surface area (Å²) in [5.74, 6) is 1.09. The van der Waals surface area contributed by atoms with Crippen molar-refractivity contribution >= 4 is 23.2 Å². The van der Waals surface area contributed by atoms with Crippen LogP contribution >= 0.6 is 23.2 Å². The van der Waals surface area contributed by atoms with Crippen LogP contribution in [0.3, 0.4) is 0 Å². The molecule has 0 saturated carbocycles. The third-order valence-corrected chi connectivity index (χ3v) is 3.65. The average molecular weight is 311 g/mol. The van der Waals surface area contributed by atoms with Gasteiger partial charge < -0.3 is 14.6 Å². The first-order valence-electron chi connectivity index (χ1n) is 6.18. The summed E-state index contributed by atoms with van der Waals surface area (Å²) in [4.78, 5) is 0. The predicted octanol–water partition coefficient (Wildman–Crippen LogP) is 3.85. The molecule has 0 bridgehead atoms. The van der Waals surface area contributed by atoms with Crippen LogP contribution in [0.1, 0.15) is 17.2 Å². The zero-order chi connectivity index (χ0) is 14.1. The van der Waals surface area contributed by atoms with Crippen molar-refractivity contribution in [1.29, 1.82) is 0 Å². The SMILES string of the molecule is OC(c1ccc(Cl)cc1)c1cc(Cl)c2c(c1)OCCO2. The molecule has 1 unspecified atom stereocenters. The molecular formula is C15H12Cl2O3. The van der Waals surface area contributed by atoms with Crippen molar-refractivity contribution in [3.05, 3.63) is 57.6 Å². The Morgan fingerprint density at radius 3 is 2.40 bits per heavy atom. The molecule has 1 N–H and O–H groups in total. The van der Waals surface area contributed by atoms with Crippen molar-refractivity contribution in [2.75, 3.05) is 13.2 Å². The standard InChI is InChI=1S/C15H12Cl2O3/c16-11-3-1-9(2-4-11)14(18)10-7-12(17)15-13(8-10)19-5-6-20-15/h1-4,7-8,14,18H,5-6H2. The van der Waals surface area contributed by atoms with Gasteiger partial charge in [0.25, 0.3) is 0 Å². The summed E-state index contributed by atoms with van der Waals surface area (Å²) in [6.45, 7) is 0.954. The molecular weight excluding hydrogens is 299 g/mol. The van der Waals surface area contributed by atoms with Crippen molar-refractivity contribution < 1.29 is 14.6 Å². The highest BCUT2D eigenvalue weighted by Gasteiger charge is 2.20. The monoisotopic (exact) mass is 310 g/mol. The van der Waals surface area contributed by atoms with Crippen LogP contribution in [0, 0.1) is 0 Å². The second-order valence-corrected chi connectivity index (χ2v) is 5.32. The van der Waals surface area contributed by atoms with Crippen LogP contribution in [0.2, 0.25) is 10.0 Å². The Balaban J connectivity index is 1.97. The van der Waals surface area contributed by atoms with Gasteiger partial charge in [0.2, 0.25) is 0 Å².